The first-order chi connectivity index (χ1) is 21.8. The molecule has 0 aliphatic heterocycles. The van der Waals surface area contributed by atoms with E-state index in [0.29, 0.717) is 24.9 Å². The molecule has 45 heavy (non-hydrogen) atoms. The van der Waals surface area contributed by atoms with Crippen LogP contribution in [0.15, 0.2) is 78.9 Å². The molecule has 0 aliphatic carbocycles. The molecule has 0 radical (unpaired) electrons. The van der Waals surface area contributed by atoms with E-state index < -0.39 is 18.0 Å². The minimum absolute atomic E-state index is 0.0915. The zero-order chi connectivity index (χ0) is 33.0. The smallest absolute Gasteiger partial charge is 0.410 e. The van der Waals surface area contributed by atoms with E-state index in [4.69, 9.17) is 14.3 Å². The van der Waals surface area contributed by atoms with E-state index in [1.54, 1.807) is 23.1 Å². The number of esters is 1. The molecule has 10 nitrogen and oxygen atoms in total. The summed E-state index contributed by atoms with van der Waals surface area (Å²) in [7, 11) is 1.24. The third-order valence-electron chi connectivity index (χ3n) is 6.53. The molecule has 0 saturated carbocycles. The first kappa shape index (κ1) is 36.5. The second-order valence-corrected chi connectivity index (χ2v) is 10.1. The quantitative estimate of drug-likeness (QED) is 0.118. The van der Waals surface area contributed by atoms with Gasteiger partial charge < -0.3 is 19.7 Å². The van der Waals surface area contributed by atoms with Gasteiger partial charge in [0.25, 0.3) is 5.91 Å². The Balaban J connectivity index is 0.00000345. The summed E-state index contributed by atoms with van der Waals surface area (Å²) in [6.07, 6.45) is 0.844. The number of nitrogens with one attached hydrogen (secondary N) is 2. The number of carbonyl (C=O) groups excluding carboxylic acids is 4. The first-order valence-corrected chi connectivity index (χ1v) is 15.2. The van der Waals surface area contributed by atoms with Crippen LogP contribution in [0.1, 0.15) is 84.4 Å². The summed E-state index contributed by atoms with van der Waals surface area (Å²) in [4.78, 5) is 57.1. The molecule has 0 aromatic heterocycles. The average Bonchev–Trinajstić information content (AvgIpc) is 3.07. The Hall–Kier alpha value is -4.70. The van der Waals surface area contributed by atoms with Gasteiger partial charge in [-0.15, -0.1) is 0 Å². The van der Waals surface area contributed by atoms with Crippen molar-refractivity contribution in [2.75, 3.05) is 13.7 Å². The Morgan fingerprint density at radius 3 is 2.00 bits per heavy atom. The molecule has 0 fully saturated rings. The minimum Gasteiger partial charge on any atom is -0.465 e. The fourth-order valence-corrected chi connectivity index (χ4v) is 4.16. The van der Waals surface area contributed by atoms with Crippen LogP contribution in [0.3, 0.4) is 0 Å². The van der Waals surface area contributed by atoms with Crippen LogP contribution < -0.4 is 10.8 Å². The van der Waals surface area contributed by atoms with Crippen LogP contribution in [0.25, 0.3) is 0 Å². The number of benzene rings is 3. The minimum atomic E-state index is -0.665. The van der Waals surface area contributed by atoms with Crippen molar-refractivity contribution in [2.45, 2.75) is 72.8 Å². The molecule has 3 aromatic carbocycles. The summed E-state index contributed by atoms with van der Waals surface area (Å²) < 4.78 is 10.4. The average molecular weight is 620 g/mol. The maximum Gasteiger partial charge on any atom is 0.410 e. The van der Waals surface area contributed by atoms with Crippen LogP contribution in [0.4, 0.5) is 4.79 Å². The monoisotopic (exact) mass is 619 g/mol. The van der Waals surface area contributed by atoms with E-state index in [-0.39, 0.29) is 49.3 Å². The van der Waals surface area contributed by atoms with Gasteiger partial charge >= 0.3 is 12.1 Å². The van der Waals surface area contributed by atoms with Crippen molar-refractivity contribution in [3.05, 3.63) is 107 Å². The standard InChI is InChI=1S/C33H39N3O7.C2H6/c1-24(2)36(33(40)42-22-25-12-6-4-7-13-25)21-27-17-18-28(29(20-27)32(39)41-3)31(38)34-19-11-10-16-30(37)35-43-23-26-14-8-5-9-15-26;1-2/h4-9,12-15,17-18,20,24H,10-11,16,19,21-23H2,1-3H3,(H,34,38)(H,35,37);1-2H3. The highest BCUT2D eigenvalue weighted by atomic mass is 16.6. The normalized spacial score (nSPS) is 10.3. The summed E-state index contributed by atoms with van der Waals surface area (Å²) in [6, 6.07) is 23.5. The predicted molar refractivity (Wildman–Crippen MR) is 172 cm³/mol. The first-order valence-electron chi connectivity index (χ1n) is 15.2. The van der Waals surface area contributed by atoms with E-state index in [1.807, 2.05) is 88.4 Å². The molecule has 0 heterocycles. The van der Waals surface area contributed by atoms with Gasteiger partial charge in [0.2, 0.25) is 5.91 Å². The summed E-state index contributed by atoms with van der Waals surface area (Å²) in [5, 5.41) is 2.79. The summed E-state index contributed by atoms with van der Waals surface area (Å²) >= 11 is 0. The third kappa shape index (κ3) is 12.8. The van der Waals surface area contributed by atoms with Gasteiger partial charge in [0.05, 0.1) is 24.8 Å². The van der Waals surface area contributed by atoms with Crippen LogP contribution in [-0.4, -0.2) is 48.5 Å². The molecule has 3 rings (SSSR count). The molecule has 242 valence electrons. The molecule has 0 saturated heterocycles. The Morgan fingerprint density at radius 1 is 0.778 bits per heavy atom. The van der Waals surface area contributed by atoms with Gasteiger partial charge in [0.1, 0.15) is 6.61 Å². The van der Waals surface area contributed by atoms with Crippen molar-refractivity contribution < 1.29 is 33.5 Å². The molecule has 2 N–H and O–H groups in total. The maximum atomic E-state index is 12.9. The second-order valence-electron chi connectivity index (χ2n) is 10.1. The Bertz CT molecular complexity index is 1350. The van der Waals surface area contributed by atoms with E-state index in [9.17, 15) is 19.2 Å². The number of nitrogens with zero attached hydrogens (tertiary/aromatic N) is 1. The van der Waals surface area contributed by atoms with Gasteiger partial charge in [-0.3, -0.25) is 14.4 Å². The van der Waals surface area contributed by atoms with Crippen LogP contribution in [0.5, 0.6) is 0 Å². The molecule has 10 heteroatoms. The lowest BCUT2D eigenvalue weighted by molar-refractivity contribution is -0.134. The predicted octanol–water partition coefficient (Wildman–Crippen LogP) is 6.19. The molecule has 0 spiro atoms. The molecule has 0 bridgehead atoms. The lowest BCUT2D eigenvalue weighted by Gasteiger charge is -2.26. The van der Waals surface area contributed by atoms with Crippen molar-refractivity contribution in [1.82, 2.24) is 15.7 Å². The Kier molecular flexibility index (Phi) is 16.5. The topological polar surface area (TPSA) is 123 Å². The Labute approximate surface area is 266 Å². The van der Waals surface area contributed by atoms with Gasteiger partial charge in [-0.05, 0) is 55.5 Å². The van der Waals surface area contributed by atoms with Crippen molar-refractivity contribution in [3.8, 4) is 0 Å². The van der Waals surface area contributed by atoms with Crippen LogP contribution in [0.2, 0.25) is 0 Å². The highest BCUT2D eigenvalue weighted by molar-refractivity contribution is 6.05. The van der Waals surface area contributed by atoms with Crippen LogP contribution >= 0.6 is 0 Å². The molecular formula is C35H45N3O7. The van der Waals surface area contributed by atoms with E-state index >= 15 is 0 Å². The van der Waals surface area contributed by atoms with Gasteiger partial charge in [0.15, 0.2) is 0 Å². The van der Waals surface area contributed by atoms with Crippen molar-refractivity contribution in [1.29, 1.82) is 0 Å². The van der Waals surface area contributed by atoms with E-state index in [2.05, 4.69) is 10.8 Å². The lowest BCUT2D eigenvalue weighted by atomic mass is 10.0. The molecule has 3 aromatic rings. The van der Waals surface area contributed by atoms with Gasteiger partial charge in [-0.1, -0.05) is 80.6 Å². The van der Waals surface area contributed by atoms with Crippen molar-refractivity contribution in [2.24, 2.45) is 0 Å². The number of hydrogen-bond acceptors (Lipinski definition) is 7. The van der Waals surface area contributed by atoms with E-state index in [0.717, 1.165) is 11.1 Å². The SMILES string of the molecule is CC.COC(=O)c1cc(CN(C(=O)OCc2ccccc2)C(C)C)ccc1C(=O)NCCCCC(=O)NOCc1ccccc1. The summed E-state index contributed by atoms with van der Waals surface area (Å²) in [6.45, 7) is 8.64. The fraction of sp³-hybridized carbons (Fsp3) is 0.371. The zero-order valence-corrected chi connectivity index (χ0v) is 26.8. The molecular weight excluding hydrogens is 574 g/mol. The zero-order valence-electron chi connectivity index (χ0n) is 26.8. The van der Waals surface area contributed by atoms with E-state index in [1.165, 1.54) is 7.11 Å². The molecule has 3 amide bonds. The van der Waals surface area contributed by atoms with Gasteiger partial charge in [-0.25, -0.2) is 15.1 Å². The number of methoxy groups -OCH3 is 1. The number of hydrogen-bond donors (Lipinski definition) is 2. The second kappa shape index (κ2) is 20.3. The van der Waals surface area contributed by atoms with Gasteiger partial charge in [0, 0.05) is 25.6 Å². The Morgan fingerprint density at radius 2 is 1.40 bits per heavy atom. The number of hydroxylamine groups is 1. The third-order valence-corrected chi connectivity index (χ3v) is 6.53. The number of ether oxygens (including phenoxy) is 2. The maximum absolute atomic E-state index is 12.9. The highest BCUT2D eigenvalue weighted by Gasteiger charge is 2.22. The molecule has 0 atom stereocenters. The van der Waals surface area contributed by atoms with Crippen LogP contribution in [-0.2, 0) is 38.9 Å². The number of rotatable bonds is 15. The molecule has 0 unspecified atom stereocenters. The summed E-state index contributed by atoms with van der Waals surface area (Å²) in [5.74, 6) is -1.35. The number of carbonyl (C=O) groups is 4. The largest absolute Gasteiger partial charge is 0.465 e. The summed E-state index contributed by atoms with van der Waals surface area (Å²) in [5.41, 5.74) is 5.13. The van der Waals surface area contributed by atoms with Crippen molar-refractivity contribution >= 4 is 23.9 Å². The molecule has 0 aliphatic rings. The van der Waals surface area contributed by atoms with Crippen molar-refractivity contribution in [3.63, 3.8) is 0 Å². The fourth-order valence-electron chi connectivity index (χ4n) is 4.16. The van der Waals surface area contributed by atoms with Gasteiger partial charge in [-0.2, -0.15) is 0 Å². The van der Waals surface area contributed by atoms with Crippen LogP contribution in [0, 0.1) is 0 Å². The lowest BCUT2D eigenvalue weighted by Crippen LogP contribution is -2.37. The number of unbranched alkanes of at least 4 members (excludes halogenated alkanes) is 1. The number of amides is 3. The highest BCUT2D eigenvalue weighted by Crippen LogP contribution is 2.18.